The first kappa shape index (κ1) is 18.4. The molecule has 1 fully saturated rings. The maximum atomic E-state index is 12.5. The number of likely N-dealkylation sites (tertiary alicyclic amines) is 1. The minimum absolute atomic E-state index is 0.134. The number of carbonyl (C=O) groups is 1. The van der Waals surface area contributed by atoms with Gasteiger partial charge in [-0.1, -0.05) is 17.3 Å². The van der Waals surface area contributed by atoms with Crippen LogP contribution in [-0.2, 0) is 13.6 Å². The second-order valence-electron chi connectivity index (χ2n) is 7.44. The smallest absolute Gasteiger partial charge is 0.256 e. The molecule has 1 unspecified atom stereocenters. The molecule has 0 aliphatic carbocycles. The van der Waals surface area contributed by atoms with Gasteiger partial charge in [-0.25, -0.2) is 0 Å². The Hall–Kier alpha value is -2.93. The summed E-state index contributed by atoms with van der Waals surface area (Å²) in [7, 11) is 1.81. The van der Waals surface area contributed by atoms with E-state index in [0.29, 0.717) is 11.4 Å². The first-order valence-electron chi connectivity index (χ1n) is 9.58. The van der Waals surface area contributed by atoms with Gasteiger partial charge < -0.3 is 9.84 Å². The summed E-state index contributed by atoms with van der Waals surface area (Å²) in [6, 6.07) is 11.9. The Morgan fingerprint density at radius 3 is 2.64 bits per heavy atom. The van der Waals surface area contributed by atoms with Gasteiger partial charge in [0.2, 0.25) is 0 Å². The Kier molecular flexibility index (Phi) is 5.00. The van der Waals surface area contributed by atoms with Gasteiger partial charge in [0.1, 0.15) is 5.82 Å². The SMILES string of the molecule is Cc1cc(C2CCCN2Cc2ccc(C(=O)Nc3cc(C)nn3C)cc2)on1. The van der Waals surface area contributed by atoms with Crippen LogP contribution in [0.25, 0.3) is 0 Å². The van der Waals surface area contributed by atoms with Crippen LogP contribution in [0.5, 0.6) is 0 Å². The van der Waals surface area contributed by atoms with Crippen molar-refractivity contribution in [3.8, 4) is 0 Å². The summed E-state index contributed by atoms with van der Waals surface area (Å²) in [4.78, 5) is 14.9. The van der Waals surface area contributed by atoms with Gasteiger partial charge in [-0.2, -0.15) is 5.10 Å². The lowest BCUT2D eigenvalue weighted by Gasteiger charge is -2.22. The number of benzene rings is 1. The number of nitrogens with zero attached hydrogens (tertiary/aromatic N) is 4. The molecule has 2 aromatic heterocycles. The molecule has 1 N–H and O–H groups in total. The van der Waals surface area contributed by atoms with E-state index in [1.54, 1.807) is 4.68 Å². The third-order valence-electron chi connectivity index (χ3n) is 5.18. The Labute approximate surface area is 164 Å². The monoisotopic (exact) mass is 379 g/mol. The number of amides is 1. The van der Waals surface area contributed by atoms with E-state index in [-0.39, 0.29) is 11.9 Å². The highest BCUT2D eigenvalue weighted by molar-refractivity contribution is 6.03. The molecule has 0 bridgehead atoms. The summed E-state index contributed by atoms with van der Waals surface area (Å²) < 4.78 is 7.15. The van der Waals surface area contributed by atoms with Gasteiger partial charge in [0.05, 0.1) is 17.4 Å². The zero-order valence-corrected chi connectivity index (χ0v) is 16.5. The number of carbonyl (C=O) groups excluding carboxylic acids is 1. The third-order valence-corrected chi connectivity index (χ3v) is 5.18. The molecule has 3 aromatic rings. The quantitative estimate of drug-likeness (QED) is 0.733. The summed E-state index contributed by atoms with van der Waals surface area (Å²) in [5.41, 5.74) is 3.60. The van der Waals surface area contributed by atoms with Crippen molar-refractivity contribution in [1.29, 1.82) is 0 Å². The van der Waals surface area contributed by atoms with Crippen molar-refractivity contribution in [1.82, 2.24) is 19.8 Å². The summed E-state index contributed by atoms with van der Waals surface area (Å²) in [5, 5.41) is 11.2. The van der Waals surface area contributed by atoms with Gasteiger partial charge in [-0.3, -0.25) is 14.4 Å². The van der Waals surface area contributed by atoms with Gasteiger partial charge in [0.15, 0.2) is 5.76 Å². The highest BCUT2D eigenvalue weighted by Crippen LogP contribution is 2.33. The minimum atomic E-state index is -0.134. The van der Waals surface area contributed by atoms with Crippen LogP contribution in [0.1, 0.15) is 52.0 Å². The van der Waals surface area contributed by atoms with Crippen molar-refractivity contribution in [3.63, 3.8) is 0 Å². The first-order valence-corrected chi connectivity index (χ1v) is 9.58. The molecule has 28 heavy (non-hydrogen) atoms. The van der Waals surface area contributed by atoms with Crippen LogP contribution in [0.3, 0.4) is 0 Å². The van der Waals surface area contributed by atoms with E-state index in [0.717, 1.165) is 43.1 Å². The third kappa shape index (κ3) is 3.84. The molecule has 1 saturated heterocycles. The van der Waals surface area contributed by atoms with Gasteiger partial charge in [-0.15, -0.1) is 0 Å². The largest absolute Gasteiger partial charge is 0.359 e. The molecular formula is C21H25N5O2. The Morgan fingerprint density at radius 1 is 1.21 bits per heavy atom. The van der Waals surface area contributed by atoms with E-state index >= 15 is 0 Å². The molecule has 7 heteroatoms. The number of hydrogen-bond acceptors (Lipinski definition) is 5. The van der Waals surface area contributed by atoms with E-state index in [9.17, 15) is 4.79 Å². The molecule has 0 saturated carbocycles. The van der Waals surface area contributed by atoms with Crippen LogP contribution in [-0.4, -0.2) is 32.3 Å². The van der Waals surface area contributed by atoms with Crippen LogP contribution < -0.4 is 5.32 Å². The van der Waals surface area contributed by atoms with Crippen molar-refractivity contribution in [2.45, 2.75) is 39.3 Å². The summed E-state index contributed by atoms with van der Waals surface area (Å²) in [5.74, 6) is 1.50. The fourth-order valence-corrected chi connectivity index (χ4v) is 3.79. The van der Waals surface area contributed by atoms with Gasteiger partial charge in [0.25, 0.3) is 5.91 Å². The molecular weight excluding hydrogens is 354 g/mol. The van der Waals surface area contributed by atoms with Crippen molar-refractivity contribution < 1.29 is 9.32 Å². The second kappa shape index (κ2) is 7.59. The summed E-state index contributed by atoms with van der Waals surface area (Å²) >= 11 is 0. The topological polar surface area (TPSA) is 76.2 Å². The Bertz CT molecular complexity index is 973. The van der Waals surface area contributed by atoms with E-state index < -0.39 is 0 Å². The maximum Gasteiger partial charge on any atom is 0.256 e. The maximum absolute atomic E-state index is 12.5. The van der Waals surface area contributed by atoms with Gasteiger partial charge in [-0.05, 0) is 50.9 Å². The van der Waals surface area contributed by atoms with E-state index in [2.05, 4.69) is 20.5 Å². The van der Waals surface area contributed by atoms with Crippen LogP contribution in [0.4, 0.5) is 5.82 Å². The van der Waals surface area contributed by atoms with Crippen LogP contribution >= 0.6 is 0 Å². The molecule has 0 radical (unpaired) electrons. The van der Waals surface area contributed by atoms with E-state index in [1.165, 1.54) is 5.56 Å². The number of nitrogens with one attached hydrogen (secondary N) is 1. The number of anilines is 1. The average molecular weight is 379 g/mol. The Morgan fingerprint density at radius 2 is 2.00 bits per heavy atom. The summed E-state index contributed by atoms with van der Waals surface area (Å²) in [6.45, 7) is 5.71. The summed E-state index contributed by atoms with van der Waals surface area (Å²) in [6.07, 6.45) is 2.23. The van der Waals surface area contributed by atoms with E-state index in [4.69, 9.17) is 4.52 Å². The molecule has 1 amide bonds. The van der Waals surface area contributed by atoms with Crippen molar-refractivity contribution in [2.24, 2.45) is 7.05 Å². The first-order chi connectivity index (χ1) is 13.5. The molecule has 0 spiro atoms. The molecule has 1 atom stereocenters. The predicted octanol–water partition coefficient (Wildman–Crippen LogP) is 3.61. The lowest BCUT2D eigenvalue weighted by Crippen LogP contribution is -2.22. The molecule has 146 valence electrons. The normalized spacial score (nSPS) is 17.2. The molecule has 1 aromatic carbocycles. The highest BCUT2D eigenvalue weighted by Gasteiger charge is 2.29. The second-order valence-corrected chi connectivity index (χ2v) is 7.44. The predicted molar refractivity (Wildman–Crippen MR) is 106 cm³/mol. The van der Waals surface area contributed by atoms with E-state index in [1.807, 2.05) is 57.3 Å². The van der Waals surface area contributed by atoms with Crippen molar-refractivity contribution in [3.05, 3.63) is 64.7 Å². The molecule has 7 nitrogen and oxygen atoms in total. The number of aromatic nitrogens is 3. The highest BCUT2D eigenvalue weighted by atomic mass is 16.5. The average Bonchev–Trinajstić information content (AvgIpc) is 3.37. The molecule has 1 aliphatic rings. The van der Waals surface area contributed by atoms with Crippen molar-refractivity contribution >= 4 is 11.7 Å². The van der Waals surface area contributed by atoms with Crippen LogP contribution in [0.2, 0.25) is 0 Å². The number of hydrogen-bond donors (Lipinski definition) is 1. The lowest BCUT2D eigenvalue weighted by atomic mass is 10.1. The van der Waals surface area contributed by atoms with Crippen LogP contribution in [0, 0.1) is 13.8 Å². The fraction of sp³-hybridized carbons (Fsp3) is 0.381. The molecule has 4 rings (SSSR count). The van der Waals surface area contributed by atoms with Crippen LogP contribution in [0.15, 0.2) is 40.9 Å². The standard InChI is InChI=1S/C21H25N5O2/c1-14-12-20(25(3)23-14)22-21(27)17-8-6-16(7-9-17)13-26-10-4-5-18(26)19-11-15(2)24-28-19/h6-9,11-12,18H,4-5,10,13H2,1-3H3,(H,22,27). The minimum Gasteiger partial charge on any atom is -0.359 e. The lowest BCUT2D eigenvalue weighted by molar-refractivity contribution is 0.102. The number of aryl methyl sites for hydroxylation is 3. The molecule has 3 heterocycles. The zero-order chi connectivity index (χ0) is 19.7. The van der Waals surface area contributed by atoms with Crippen molar-refractivity contribution in [2.75, 3.05) is 11.9 Å². The van der Waals surface area contributed by atoms with Gasteiger partial charge in [0, 0.05) is 31.3 Å². The molecule has 1 aliphatic heterocycles. The Balaban J connectivity index is 1.41. The fourth-order valence-electron chi connectivity index (χ4n) is 3.79. The number of rotatable bonds is 5. The zero-order valence-electron chi connectivity index (χ0n) is 16.5. The van der Waals surface area contributed by atoms with Gasteiger partial charge >= 0.3 is 0 Å².